The highest BCUT2D eigenvalue weighted by atomic mass is 31.2. The Morgan fingerprint density at radius 1 is 0.880 bits per heavy atom. The highest BCUT2D eigenvalue weighted by Crippen LogP contribution is 2.35. The minimum absolute atomic E-state index is 0.0803. The van der Waals surface area contributed by atoms with Gasteiger partial charge in [0.1, 0.15) is 6.10 Å². The van der Waals surface area contributed by atoms with Crippen LogP contribution in [0.25, 0.3) is 0 Å². The number of phosphoric ester groups is 1. The van der Waals surface area contributed by atoms with Crippen molar-refractivity contribution in [3.63, 3.8) is 0 Å². The quantitative estimate of drug-likeness (QED) is 0.496. The van der Waals surface area contributed by atoms with Gasteiger partial charge in [0.05, 0.1) is 25.9 Å². The van der Waals surface area contributed by atoms with Crippen LogP contribution in [0.2, 0.25) is 0 Å². The Morgan fingerprint density at radius 3 is 1.88 bits per heavy atom. The van der Waals surface area contributed by atoms with Gasteiger partial charge >= 0.3 is 7.82 Å². The van der Waals surface area contributed by atoms with Crippen LogP contribution in [-0.2, 0) is 18.6 Å². The predicted molar refractivity (Wildman–Crippen MR) is 94.1 cm³/mol. The average Bonchev–Trinajstić information content (AvgIpc) is 2.60. The first-order valence-corrected chi connectivity index (χ1v) is 9.52. The van der Waals surface area contributed by atoms with Gasteiger partial charge in [0, 0.05) is 0 Å². The molecule has 0 radical (unpaired) electrons. The normalized spacial score (nSPS) is 13.1. The van der Waals surface area contributed by atoms with Crippen LogP contribution in [0.3, 0.4) is 0 Å². The van der Waals surface area contributed by atoms with Crippen LogP contribution in [0.1, 0.15) is 24.2 Å². The van der Waals surface area contributed by atoms with E-state index in [1.54, 1.807) is 0 Å². The van der Waals surface area contributed by atoms with E-state index in [0.29, 0.717) is 6.61 Å². The molecule has 136 valence electrons. The molecular formula is C18H23O6P. The molecule has 0 fully saturated rings. The fourth-order valence-corrected chi connectivity index (χ4v) is 2.64. The first-order valence-electron chi connectivity index (χ1n) is 7.99. The van der Waals surface area contributed by atoms with Gasteiger partial charge in [0.15, 0.2) is 0 Å². The van der Waals surface area contributed by atoms with Crippen LogP contribution >= 0.6 is 7.82 Å². The second kappa shape index (κ2) is 9.82. The largest absolute Gasteiger partial charge is 0.469 e. The number of ether oxygens (including phenoxy) is 2. The van der Waals surface area contributed by atoms with Gasteiger partial charge in [-0.2, -0.15) is 0 Å². The highest BCUT2D eigenvalue weighted by Gasteiger charge is 2.17. The Balaban J connectivity index is 1.89. The molecule has 7 heteroatoms. The molecule has 25 heavy (non-hydrogen) atoms. The molecule has 0 aliphatic rings. The molecular weight excluding hydrogens is 343 g/mol. The Bertz CT molecular complexity index is 618. The van der Waals surface area contributed by atoms with Crippen LogP contribution < -0.4 is 0 Å². The summed E-state index contributed by atoms with van der Waals surface area (Å²) in [6.45, 7) is 2.08. The molecule has 2 aromatic carbocycles. The van der Waals surface area contributed by atoms with E-state index < -0.39 is 7.82 Å². The summed E-state index contributed by atoms with van der Waals surface area (Å²) in [6.07, 6.45) is -0.449. The van der Waals surface area contributed by atoms with Crippen molar-refractivity contribution >= 4 is 7.82 Å². The fraction of sp³-hybridized carbons (Fsp3) is 0.333. The van der Waals surface area contributed by atoms with Gasteiger partial charge in [-0.1, -0.05) is 60.7 Å². The number of phosphoric acid groups is 1. The summed E-state index contributed by atoms with van der Waals surface area (Å²) >= 11 is 0. The molecule has 0 aliphatic carbocycles. The topological polar surface area (TPSA) is 85.2 Å². The summed E-state index contributed by atoms with van der Waals surface area (Å²) < 4.78 is 26.5. The molecule has 1 unspecified atom stereocenters. The Morgan fingerprint density at radius 2 is 1.40 bits per heavy atom. The summed E-state index contributed by atoms with van der Waals surface area (Å²) in [4.78, 5) is 17.2. The lowest BCUT2D eigenvalue weighted by Gasteiger charge is -2.21. The molecule has 0 amide bonds. The van der Waals surface area contributed by atoms with E-state index in [1.807, 2.05) is 67.6 Å². The monoisotopic (exact) mass is 366 g/mol. The summed E-state index contributed by atoms with van der Waals surface area (Å²) in [7, 11) is -4.45. The lowest BCUT2D eigenvalue weighted by atomic mass is 10.0. The van der Waals surface area contributed by atoms with Crippen molar-refractivity contribution in [2.24, 2.45) is 0 Å². The van der Waals surface area contributed by atoms with E-state index in [9.17, 15) is 4.57 Å². The molecule has 1 atom stereocenters. The molecule has 2 N–H and O–H groups in total. The molecule has 2 aromatic rings. The Kier molecular flexibility index (Phi) is 7.78. The predicted octanol–water partition coefficient (Wildman–Crippen LogP) is 3.31. The Hall–Kier alpha value is -1.53. The van der Waals surface area contributed by atoms with Gasteiger partial charge in [0.2, 0.25) is 0 Å². The number of benzene rings is 2. The SMILES string of the molecule is CC(COC(c1ccccc1)c1ccccc1)OCCOP(=O)(O)O. The van der Waals surface area contributed by atoms with Crippen LogP contribution in [0.4, 0.5) is 0 Å². The molecule has 6 nitrogen and oxygen atoms in total. The van der Waals surface area contributed by atoms with E-state index in [-0.39, 0.29) is 25.4 Å². The molecule has 0 saturated heterocycles. The van der Waals surface area contributed by atoms with Gasteiger partial charge in [-0.15, -0.1) is 0 Å². The maximum absolute atomic E-state index is 10.6. The van der Waals surface area contributed by atoms with Crippen LogP contribution in [0, 0.1) is 0 Å². The second-order valence-corrected chi connectivity index (χ2v) is 6.78. The zero-order valence-corrected chi connectivity index (χ0v) is 14.9. The zero-order valence-electron chi connectivity index (χ0n) is 14.0. The van der Waals surface area contributed by atoms with Crippen molar-refractivity contribution < 1.29 is 28.3 Å². The van der Waals surface area contributed by atoms with Crippen molar-refractivity contribution in [2.45, 2.75) is 19.1 Å². The van der Waals surface area contributed by atoms with Gasteiger partial charge in [0.25, 0.3) is 0 Å². The summed E-state index contributed by atoms with van der Waals surface area (Å²) in [5.41, 5.74) is 2.09. The second-order valence-electron chi connectivity index (χ2n) is 5.54. The number of hydrogen-bond donors (Lipinski definition) is 2. The number of hydrogen-bond acceptors (Lipinski definition) is 4. The standard InChI is InChI=1S/C18H23O6P/c1-15(22-12-13-24-25(19,20)21)14-23-18(16-8-4-2-5-9-16)17-10-6-3-7-11-17/h2-11,15,18H,12-14H2,1H3,(H2,19,20,21). The van der Waals surface area contributed by atoms with E-state index in [0.717, 1.165) is 11.1 Å². The molecule has 0 aliphatic heterocycles. The minimum atomic E-state index is -4.45. The van der Waals surface area contributed by atoms with Crippen LogP contribution in [0.15, 0.2) is 60.7 Å². The van der Waals surface area contributed by atoms with E-state index in [4.69, 9.17) is 19.3 Å². The van der Waals surface area contributed by atoms with Gasteiger partial charge in [-0.05, 0) is 18.1 Å². The third kappa shape index (κ3) is 7.48. The molecule has 0 heterocycles. The van der Waals surface area contributed by atoms with E-state index in [1.165, 1.54) is 0 Å². The maximum atomic E-state index is 10.6. The van der Waals surface area contributed by atoms with E-state index in [2.05, 4.69) is 4.52 Å². The lowest BCUT2D eigenvalue weighted by Crippen LogP contribution is -2.20. The van der Waals surface area contributed by atoms with Crippen molar-refractivity contribution in [1.29, 1.82) is 0 Å². The highest BCUT2D eigenvalue weighted by molar-refractivity contribution is 7.46. The molecule has 2 rings (SSSR count). The summed E-state index contributed by atoms with van der Waals surface area (Å²) in [5, 5.41) is 0. The maximum Gasteiger partial charge on any atom is 0.469 e. The zero-order chi connectivity index (χ0) is 18.1. The van der Waals surface area contributed by atoms with Gasteiger partial charge < -0.3 is 19.3 Å². The van der Waals surface area contributed by atoms with E-state index >= 15 is 0 Å². The van der Waals surface area contributed by atoms with Crippen molar-refractivity contribution in [3.8, 4) is 0 Å². The lowest BCUT2D eigenvalue weighted by molar-refractivity contribution is -0.0348. The average molecular weight is 366 g/mol. The molecule has 0 bridgehead atoms. The van der Waals surface area contributed by atoms with Crippen molar-refractivity contribution in [2.75, 3.05) is 19.8 Å². The summed E-state index contributed by atoms with van der Waals surface area (Å²) in [6, 6.07) is 19.8. The smallest absolute Gasteiger partial charge is 0.374 e. The minimum Gasteiger partial charge on any atom is -0.374 e. The number of rotatable bonds is 10. The molecule has 0 aromatic heterocycles. The fourth-order valence-electron chi connectivity index (χ4n) is 2.33. The van der Waals surface area contributed by atoms with Crippen molar-refractivity contribution in [3.05, 3.63) is 71.8 Å². The first kappa shape index (κ1) is 19.8. The summed E-state index contributed by atoms with van der Waals surface area (Å²) in [5.74, 6) is 0. The Labute approximate surface area is 147 Å². The van der Waals surface area contributed by atoms with Gasteiger partial charge in [-0.3, -0.25) is 4.52 Å². The first-order chi connectivity index (χ1) is 12.0. The van der Waals surface area contributed by atoms with Crippen LogP contribution in [0.5, 0.6) is 0 Å². The molecule has 0 saturated carbocycles. The van der Waals surface area contributed by atoms with Crippen LogP contribution in [-0.4, -0.2) is 35.7 Å². The third-order valence-corrected chi connectivity index (χ3v) is 3.97. The molecule has 0 spiro atoms. The third-order valence-electron chi connectivity index (χ3n) is 3.45. The van der Waals surface area contributed by atoms with Crippen molar-refractivity contribution in [1.82, 2.24) is 0 Å². The van der Waals surface area contributed by atoms with Gasteiger partial charge in [-0.25, -0.2) is 4.57 Å².